The van der Waals surface area contributed by atoms with Crippen molar-refractivity contribution in [3.05, 3.63) is 83.4 Å². The van der Waals surface area contributed by atoms with Gasteiger partial charge in [-0.2, -0.15) is 0 Å². The Morgan fingerprint density at radius 1 is 0.842 bits per heavy atom. The third-order valence-corrected chi connectivity index (χ3v) is 6.90. The predicted molar refractivity (Wildman–Crippen MR) is 151 cm³/mol. The van der Waals surface area contributed by atoms with E-state index < -0.39 is 0 Å². The predicted octanol–water partition coefficient (Wildman–Crippen LogP) is 4.11. The van der Waals surface area contributed by atoms with Crippen LogP contribution in [0.1, 0.15) is 33.2 Å². The highest BCUT2D eigenvalue weighted by Gasteiger charge is 2.22. The Hall–Kier alpha value is -4.11. The molecule has 0 aliphatic carbocycles. The van der Waals surface area contributed by atoms with Gasteiger partial charge in [0.25, 0.3) is 11.8 Å². The molecule has 0 spiro atoms. The molecule has 3 aromatic rings. The van der Waals surface area contributed by atoms with Crippen molar-refractivity contribution in [2.45, 2.75) is 13.3 Å². The van der Waals surface area contributed by atoms with Crippen LogP contribution in [0.4, 0.5) is 11.4 Å². The molecule has 2 N–H and O–H groups in total. The quantitative estimate of drug-likeness (QED) is 0.481. The normalized spacial score (nSPS) is 14.6. The second-order valence-electron chi connectivity index (χ2n) is 9.14. The van der Waals surface area contributed by atoms with Crippen molar-refractivity contribution in [2.75, 3.05) is 49.6 Å². The lowest BCUT2D eigenvalue weighted by Crippen LogP contribution is -2.48. The van der Waals surface area contributed by atoms with Crippen molar-refractivity contribution in [1.82, 2.24) is 10.2 Å². The van der Waals surface area contributed by atoms with Gasteiger partial charge < -0.3 is 24.6 Å². The second kappa shape index (κ2) is 11.5. The molecule has 9 heteroatoms. The van der Waals surface area contributed by atoms with Crippen molar-refractivity contribution >= 4 is 40.5 Å². The van der Waals surface area contributed by atoms with Gasteiger partial charge in [0.05, 0.1) is 0 Å². The molecule has 2 aliphatic rings. The lowest BCUT2D eigenvalue weighted by atomic mass is 10.1. The fourth-order valence-corrected chi connectivity index (χ4v) is 4.72. The number of fused-ring (bicyclic) bond motifs is 1. The summed E-state index contributed by atoms with van der Waals surface area (Å²) in [5.74, 6) is 0.931. The number of piperazine rings is 1. The summed E-state index contributed by atoms with van der Waals surface area (Å²) in [6, 6.07) is 20.8. The third-order valence-electron chi connectivity index (χ3n) is 6.70. The van der Waals surface area contributed by atoms with E-state index in [4.69, 9.17) is 21.7 Å². The van der Waals surface area contributed by atoms with Gasteiger partial charge in [0.1, 0.15) is 13.2 Å². The Balaban J connectivity index is 1.11. The van der Waals surface area contributed by atoms with Crippen LogP contribution in [0.2, 0.25) is 0 Å². The fourth-order valence-electron chi connectivity index (χ4n) is 4.51. The zero-order valence-electron chi connectivity index (χ0n) is 21.2. The number of rotatable bonds is 5. The number of nitrogens with one attached hydrogen (secondary N) is 2. The van der Waals surface area contributed by atoms with Crippen LogP contribution in [0.3, 0.4) is 0 Å². The van der Waals surface area contributed by atoms with Crippen LogP contribution in [0.15, 0.2) is 66.7 Å². The highest BCUT2D eigenvalue weighted by atomic mass is 32.1. The van der Waals surface area contributed by atoms with E-state index in [-0.39, 0.29) is 16.9 Å². The van der Waals surface area contributed by atoms with E-state index in [1.807, 2.05) is 53.4 Å². The number of nitrogens with zero attached hydrogens (tertiary/aromatic N) is 2. The molecule has 0 aromatic heterocycles. The number of hydrogen-bond acceptors (Lipinski definition) is 6. The van der Waals surface area contributed by atoms with Crippen LogP contribution in [0.25, 0.3) is 0 Å². The molecule has 196 valence electrons. The van der Waals surface area contributed by atoms with Crippen LogP contribution < -0.4 is 25.0 Å². The molecule has 8 nitrogen and oxygen atoms in total. The maximum absolute atomic E-state index is 12.9. The molecule has 3 aromatic carbocycles. The summed E-state index contributed by atoms with van der Waals surface area (Å²) in [6.07, 6.45) is 0.961. The smallest absolute Gasteiger partial charge is 0.257 e. The van der Waals surface area contributed by atoms with Crippen LogP contribution in [-0.2, 0) is 6.42 Å². The number of carbonyl (C=O) groups excluding carboxylic acids is 2. The second-order valence-corrected chi connectivity index (χ2v) is 9.55. The summed E-state index contributed by atoms with van der Waals surface area (Å²) >= 11 is 5.34. The summed E-state index contributed by atoms with van der Waals surface area (Å²) in [5, 5.41) is 5.96. The lowest BCUT2D eigenvalue weighted by Gasteiger charge is -2.36. The van der Waals surface area contributed by atoms with Crippen LogP contribution >= 0.6 is 12.2 Å². The number of benzene rings is 3. The number of thiocarbonyl (C=S) groups is 1. The zero-order chi connectivity index (χ0) is 26.5. The molecular weight excluding hydrogens is 500 g/mol. The Bertz CT molecular complexity index is 1320. The van der Waals surface area contributed by atoms with E-state index >= 15 is 0 Å². The van der Waals surface area contributed by atoms with Gasteiger partial charge in [0.2, 0.25) is 0 Å². The Morgan fingerprint density at radius 2 is 1.50 bits per heavy atom. The van der Waals surface area contributed by atoms with E-state index in [1.165, 1.54) is 5.56 Å². The molecule has 0 bridgehead atoms. The molecule has 0 unspecified atom stereocenters. The highest BCUT2D eigenvalue weighted by molar-refractivity contribution is 7.80. The molecule has 38 heavy (non-hydrogen) atoms. The van der Waals surface area contributed by atoms with Crippen molar-refractivity contribution in [1.29, 1.82) is 0 Å². The average molecular weight is 531 g/mol. The molecule has 5 rings (SSSR count). The summed E-state index contributed by atoms with van der Waals surface area (Å²) in [7, 11) is 0. The summed E-state index contributed by atoms with van der Waals surface area (Å²) in [4.78, 5) is 29.7. The number of hydrogen-bond donors (Lipinski definition) is 2. The zero-order valence-corrected chi connectivity index (χ0v) is 22.1. The topological polar surface area (TPSA) is 83.1 Å². The number of ether oxygens (including phenoxy) is 2. The first-order chi connectivity index (χ1) is 18.5. The van der Waals surface area contributed by atoms with E-state index in [0.717, 1.165) is 36.4 Å². The average Bonchev–Trinajstić information content (AvgIpc) is 2.97. The van der Waals surface area contributed by atoms with Gasteiger partial charge in [0, 0.05) is 48.7 Å². The SMILES string of the molecule is CCc1ccc(C(=O)N2CCN(c3ccc(NC(=S)NC(=O)c4ccc5c(c4)OCCO5)cc3)CC2)cc1. The first-order valence-electron chi connectivity index (χ1n) is 12.8. The summed E-state index contributed by atoms with van der Waals surface area (Å²) in [5.41, 5.74) is 4.24. The van der Waals surface area contributed by atoms with Gasteiger partial charge in [-0.25, -0.2) is 0 Å². The van der Waals surface area contributed by atoms with Gasteiger partial charge >= 0.3 is 0 Å². The molecule has 1 fully saturated rings. The molecule has 0 radical (unpaired) electrons. The first kappa shape index (κ1) is 25.5. The van der Waals surface area contributed by atoms with Gasteiger partial charge in [0.15, 0.2) is 16.6 Å². The molecule has 2 aliphatic heterocycles. The maximum atomic E-state index is 12.9. The van der Waals surface area contributed by atoms with Crippen molar-refractivity contribution in [2.24, 2.45) is 0 Å². The van der Waals surface area contributed by atoms with E-state index in [1.54, 1.807) is 18.2 Å². The summed E-state index contributed by atoms with van der Waals surface area (Å²) in [6.45, 7) is 5.92. The minimum atomic E-state index is -0.329. The third kappa shape index (κ3) is 5.89. The standard InChI is InChI=1S/C29H30N4O4S/c1-2-20-3-5-21(6-4-20)28(35)33-15-13-32(14-16-33)24-10-8-23(9-11-24)30-29(38)31-27(34)22-7-12-25-26(19-22)37-18-17-36-25/h3-12,19H,2,13-18H2,1H3,(H2,30,31,34,38). The van der Waals surface area contributed by atoms with Crippen LogP contribution in [0, 0.1) is 0 Å². The van der Waals surface area contributed by atoms with E-state index in [2.05, 4.69) is 22.5 Å². The largest absolute Gasteiger partial charge is 0.486 e. The van der Waals surface area contributed by atoms with E-state index in [0.29, 0.717) is 43.4 Å². The number of anilines is 2. The molecule has 2 amide bonds. The monoisotopic (exact) mass is 530 g/mol. The van der Waals surface area contributed by atoms with Crippen molar-refractivity contribution < 1.29 is 19.1 Å². The number of carbonyl (C=O) groups is 2. The van der Waals surface area contributed by atoms with Gasteiger partial charge in [-0.3, -0.25) is 14.9 Å². The first-order valence-corrected chi connectivity index (χ1v) is 13.2. The highest BCUT2D eigenvalue weighted by Crippen LogP contribution is 2.30. The molecule has 0 saturated carbocycles. The summed E-state index contributed by atoms with van der Waals surface area (Å²) < 4.78 is 11.0. The van der Waals surface area contributed by atoms with Crippen molar-refractivity contribution in [3.63, 3.8) is 0 Å². The minimum absolute atomic E-state index is 0.0821. The number of amides is 2. The fraction of sp³-hybridized carbons (Fsp3) is 0.276. The molecule has 0 atom stereocenters. The number of aryl methyl sites for hydroxylation is 1. The van der Waals surface area contributed by atoms with Crippen molar-refractivity contribution in [3.8, 4) is 11.5 Å². The minimum Gasteiger partial charge on any atom is -0.486 e. The maximum Gasteiger partial charge on any atom is 0.257 e. The van der Waals surface area contributed by atoms with E-state index in [9.17, 15) is 9.59 Å². The van der Waals surface area contributed by atoms with Crippen LogP contribution in [-0.4, -0.2) is 61.2 Å². The Kier molecular flexibility index (Phi) is 7.74. The molecular formula is C29H30N4O4S. The van der Waals surface area contributed by atoms with Gasteiger partial charge in [-0.1, -0.05) is 19.1 Å². The lowest BCUT2D eigenvalue weighted by molar-refractivity contribution is 0.0746. The molecule has 2 heterocycles. The van der Waals surface area contributed by atoms with Gasteiger partial charge in [-0.05, 0) is 78.8 Å². The molecule has 1 saturated heterocycles. The van der Waals surface area contributed by atoms with Crippen LogP contribution in [0.5, 0.6) is 11.5 Å². The Morgan fingerprint density at radius 3 is 2.18 bits per heavy atom. The van der Waals surface area contributed by atoms with Gasteiger partial charge in [-0.15, -0.1) is 0 Å². The Labute approximate surface area is 227 Å².